The number of benzene rings is 1. The number of nitro groups is 1. The number of hydrogen-bond acceptors (Lipinski definition) is 3. The van der Waals surface area contributed by atoms with Gasteiger partial charge in [0, 0.05) is 0 Å². The van der Waals surface area contributed by atoms with Gasteiger partial charge < -0.3 is 0 Å². The lowest BCUT2D eigenvalue weighted by atomic mass is 10.1. The van der Waals surface area contributed by atoms with E-state index in [9.17, 15) is 19.3 Å². The van der Waals surface area contributed by atoms with E-state index in [0.717, 1.165) is 6.07 Å². The van der Waals surface area contributed by atoms with Crippen LogP contribution in [0.25, 0.3) is 0 Å². The number of nitrogens with zero attached hydrogens (tertiary/aromatic N) is 1. The summed E-state index contributed by atoms with van der Waals surface area (Å²) in [6.07, 6.45) is 0. The van der Waals surface area contributed by atoms with Crippen molar-refractivity contribution in [2.45, 2.75) is 0 Å². The molecule has 0 saturated carbocycles. The van der Waals surface area contributed by atoms with E-state index in [-0.39, 0.29) is 10.0 Å². The summed E-state index contributed by atoms with van der Waals surface area (Å²) in [7, 11) is 0. The fourth-order valence-corrected chi connectivity index (χ4v) is 1.59. The predicted octanol–water partition coefficient (Wildman–Crippen LogP) is 2.92. The lowest BCUT2D eigenvalue weighted by Crippen LogP contribution is -2.06. The molecule has 0 N–H and O–H groups in total. The first-order chi connectivity index (χ1) is 6.99. The number of carbonyl (C=O) groups is 1. The second kappa shape index (κ2) is 4.67. The Morgan fingerprint density at radius 2 is 2.20 bits per heavy atom. The third-order valence-corrected chi connectivity index (χ3v) is 2.55. The van der Waals surface area contributed by atoms with Crippen molar-refractivity contribution in [3.05, 3.63) is 38.1 Å². The maximum Gasteiger partial charge on any atom is 0.319 e. The van der Waals surface area contributed by atoms with E-state index in [1.807, 2.05) is 0 Å². The van der Waals surface area contributed by atoms with Gasteiger partial charge in [0.1, 0.15) is 0 Å². The first kappa shape index (κ1) is 12.1. The highest BCUT2D eigenvalue weighted by atomic mass is 79.9. The molecule has 4 nitrogen and oxygen atoms in total. The van der Waals surface area contributed by atoms with E-state index in [1.165, 1.54) is 6.07 Å². The highest BCUT2D eigenvalue weighted by Crippen LogP contribution is 2.30. The van der Waals surface area contributed by atoms with Gasteiger partial charge in [-0.3, -0.25) is 14.9 Å². The van der Waals surface area contributed by atoms with Crippen molar-refractivity contribution >= 4 is 39.0 Å². The number of rotatable bonds is 3. The molecule has 0 unspecified atom stereocenters. The molecule has 0 bridgehead atoms. The zero-order valence-electron chi connectivity index (χ0n) is 7.17. The minimum absolute atomic E-state index is 0.0175. The van der Waals surface area contributed by atoms with Gasteiger partial charge in [0.25, 0.3) is 0 Å². The largest absolute Gasteiger partial charge is 0.319 e. The fourth-order valence-electron chi connectivity index (χ4n) is 0.996. The van der Waals surface area contributed by atoms with Crippen molar-refractivity contribution in [1.29, 1.82) is 0 Å². The normalized spacial score (nSPS) is 10.1. The topological polar surface area (TPSA) is 60.2 Å². The lowest BCUT2D eigenvalue weighted by Gasteiger charge is -2.01. The average molecular weight is 296 g/mol. The number of halogens is 3. The third kappa shape index (κ3) is 2.32. The lowest BCUT2D eigenvalue weighted by molar-refractivity contribution is -0.388. The van der Waals surface area contributed by atoms with Crippen LogP contribution in [-0.4, -0.2) is 16.6 Å². The molecule has 0 aromatic heterocycles. The summed E-state index contributed by atoms with van der Waals surface area (Å²) in [6.45, 7) is 0. The van der Waals surface area contributed by atoms with E-state index in [2.05, 4.69) is 15.9 Å². The Morgan fingerprint density at radius 3 is 2.67 bits per heavy atom. The molecule has 80 valence electrons. The summed E-state index contributed by atoms with van der Waals surface area (Å²) in [5.74, 6) is -2.28. The second-order valence-corrected chi connectivity index (χ2v) is 3.69. The smallest absolute Gasteiger partial charge is 0.293 e. The van der Waals surface area contributed by atoms with Gasteiger partial charge in [-0.2, -0.15) is 4.39 Å². The summed E-state index contributed by atoms with van der Waals surface area (Å²) < 4.78 is 13.5. The number of ketones is 1. The van der Waals surface area contributed by atoms with Gasteiger partial charge in [-0.05, 0) is 28.1 Å². The van der Waals surface area contributed by atoms with E-state index < -0.39 is 28.1 Å². The molecule has 7 heteroatoms. The van der Waals surface area contributed by atoms with E-state index in [0.29, 0.717) is 0 Å². The Kier molecular flexibility index (Phi) is 3.76. The van der Waals surface area contributed by atoms with E-state index in [1.54, 1.807) is 0 Å². The van der Waals surface area contributed by atoms with Crippen LogP contribution in [0, 0.1) is 15.9 Å². The fraction of sp³-hybridized carbons (Fsp3) is 0.125. The summed E-state index contributed by atoms with van der Waals surface area (Å²) in [5, 5.41) is 10.5. The zero-order valence-corrected chi connectivity index (χ0v) is 9.51. The average Bonchev–Trinajstić information content (AvgIpc) is 2.16. The zero-order chi connectivity index (χ0) is 11.6. The molecule has 0 spiro atoms. The van der Waals surface area contributed by atoms with Gasteiger partial charge in [0.15, 0.2) is 5.78 Å². The summed E-state index contributed by atoms with van der Waals surface area (Å²) in [4.78, 5) is 20.7. The van der Waals surface area contributed by atoms with Crippen molar-refractivity contribution in [2.24, 2.45) is 0 Å². The summed E-state index contributed by atoms with van der Waals surface area (Å²) in [5.41, 5.74) is -1.13. The minimum Gasteiger partial charge on any atom is -0.293 e. The first-order valence-electron chi connectivity index (χ1n) is 3.70. The molecule has 0 amide bonds. The number of hydrogen-bond donors (Lipinski definition) is 0. The molecule has 1 rings (SSSR count). The molecular weight excluding hydrogens is 292 g/mol. The van der Waals surface area contributed by atoms with Crippen LogP contribution in [0.4, 0.5) is 10.1 Å². The van der Waals surface area contributed by atoms with Crippen LogP contribution >= 0.6 is 27.5 Å². The molecule has 1 aromatic rings. The molecule has 1 aromatic carbocycles. The van der Waals surface area contributed by atoms with Crippen LogP contribution in [0.5, 0.6) is 0 Å². The second-order valence-electron chi connectivity index (χ2n) is 2.57. The molecule has 0 aliphatic carbocycles. The molecular formula is C8H4BrClFNO3. The van der Waals surface area contributed by atoms with Crippen molar-refractivity contribution in [2.75, 3.05) is 5.88 Å². The van der Waals surface area contributed by atoms with Crippen molar-refractivity contribution in [1.82, 2.24) is 0 Å². The Balaban J connectivity index is 3.41. The van der Waals surface area contributed by atoms with Gasteiger partial charge in [-0.15, -0.1) is 11.6 Å². The van der Waals surface area contributed by atoms with E-state index >= 15 is 0 Å². The number of nitro benzene ring substituents is 1. The van der Waals surface area contributed by atoms with Crippen LogP contribution in [0.3, 0.4) is 0 Å². The van der Waals surface area contributed by atoms with Gasteiger partial charge in [-0.1, -0.05) is 0 Å². The number of alkyl halides is 1. The van der Waals surface area contributed by atoms with Crippen molar-refractivity contribution in [3.8, 4) is 0 Å². The van der Waals surface area contributed by atoms with Gasteiger partial charge in [0.2, 0.25) is 5.82 Å². The molecule has 0 radical (unpaired) electrons. The predicted molar refractivity (Wildman–Crippen MR) is 55.8 cm³/mol. The maximum atomic E-state index is 13.5. The Morgan fingerprint density at radius 1 is 1.60 bits per heavy atom. The maximum absolute atomic E-state index is 13.5. The number of Topliss-reactive ketones (excluding diaryl/α,β-unsaturated/α-hetero) is 1. The SMILES string of the molecule is O=C(CCl)c1ccc(Br)c([N+](=O)[O-])c1F. The van der Waals surface area contributed by atoms with Crippen LogP contribution in [0.1, 0.15) is 10.4 Å². The molecule has 0 aliphatic rings. The molecule has 0 fully saturated rings. The Bertz CT molecular complexity index is 438. The van der Waals surface area contributed by atoms with Crippen LogP contribution < -0.4 is 0 Å². The Hall–Kier alpha value is -1.01. The Labute approximate surface area is 97.3 Å². The van der Waals surface area contributed by atoms with Gasteiger partial charge in [0.05, 0.1) is 20.8 Å². The number of carbonyl (C=O) groups excluding carboxylic acids is 1. The first-order valence-corrected chi connectivity index (χ1v) is 5.03. The van der Waals surface area contributed by atoms with Crippen molar-refractivity contribution in [3.63, 3.8) is 0 Å². The highest BCUT2D eigenvalue weighted by Gasteiger charge is 2.24. The molecule has 0 aliphatic heterocycles. The van der Waals surface area contributed by atoms with Gasteiger partial charge >= 0.3 is 5.69 Å². The van der Waals surface area contributed by atoms with E-state index in [4.69, 9.17) is 11.6 Å². The molecule has 0 saturated heterocycles. The minimum atomic E-state index is -1.17. The standard InChI is InChI=1S/C8H4BrClFNO3/c9-5-2-1-4(6(13)3-10)7(11)8(5)12(14)15/h1-2H,3H2. The van der Waals surface area contributed by atoms with Crippen molar-refractivity contribution < 1.29 is 14.1 Å². The third-order valence-electron chi connectivity index (χ3n) is 1.67. The molecule has 0 atom stereocenters. The molecule has 0 heterocycles. The monoisotopic (exact) mass is 295 g/mol. The summed E-state index contributed by atoms with van der Waals surface area (Å²) >= 11 is 8.06. The molecule has 15 heavy (non-hydrogen) atoms. The van der Waals surface area contributed by atoms with Crippen LogP contribution in [0.2, 0.25) is 0 Å². The van der Waals surface area contributed by atoms with Crippen LogP contribution in [0.15, 0.2) is 16.6 Å². The highest BCUT2D eigenvalue weighted by molar-refractivity contribution is 9.10. The van der Waals surface area contributed by atoms with Crippen LogP contribution in [-0.2, 0) is 0 Å². The quantitative estimate of drug-likeness (QED) is 0.373. The summed E-state index contributed by atoms with van der Waals surface area (Å²) in [6, 6.07) is 2.39. The van der Waals surface area contributed by atoms with Gasteiger partial charge in [-0.25, -0.2) is 0 Å².